The number of hydrogen-bond donors (Lipinski definition) is 1. The maximum atomic E-state index is 11.4. The Morgan fingerprint density at radius 3 is 2.63 bits per heavy atom. The number of benzene rings is 1. The molecule has 0 unspecified atom stereocenters. The maximum Gasteiger partial charge on any atom is 0.271 e. The van der Waals surface area contributed by atoms with Crippen LogP contribution < -0.4 is 9.88 Å². The van der Waals surface area contributed by atoms with Crippen LogP contribution in [0.2, 0.25) is 0 Å². The van der Waals surface area contributed by atoms with Crippen molar-refractivity contribution in [3.05, 3.63) is 40.5 Å². The smallest absolute Gasteiger partial charge is 0.271 e. The molecule has 0 fully saturated rings. The molecule has 0 spiro atoms. The maximum absolute atomic E-state index is 11.4. The Bertz CT molecular complexity index is 610. The van der Waals surface area contributed by atoms with E-state index in [1.54, 1.807) is 6.92 Å². The summed E-state index contributed by atoms with van der Waals surface area (Å²) in [6.07, 6.45) is 0.543. The fourth-order valence-corrected chi connectivity index (χ4v) is 1.98. The van der Waals surface area contributed by atoms with Gasteiger partial charge in [0.05, 0.1) is 11.5 Å². The molecular weight excluding hydrogens is 272 g/mol. The fraction of sp³-hybridized carbons (Fsp3) is 0.273. The zero-order valence-electron chi connectivity index (χ0n) is 10.3. The number of nitrogens with two attached hydrogens (primary N) is 1. The molecule has 0 bridgehead atoms. The third-order valence-electron chi connectivity index (χ3n) is 2.23. The molecule has 0 saturated carbocycles. The lowest BCUT2D eigenvalue weighted by molar-refractivity contribution is -0.385. The first-order valence-electron chi connectivity index (χ1n) is 5.30. The molecule has 0 aliphatic carbocycles. The minimum absolute atomic E-state index is 0.00523. The number of rotatable bonds is 6. The number of primary sulfonamides is 1. The highest BCUT2D eigenvalue weighted by Gasteiger charge is 2.19. The van der Waals surface area contributed by atoms with E-state index in [1.165, 1.54) is 6.07 Å². The molecule has 1 aromatic carbocycles. The summed E-state index contributed by atoms with van der Waals surface area (Å²) in [5.74, 6) is -0.00523. The van der Waals surface area contributed by atoms with Gasteiger partial charge in [-0.3, -0.25) is 10.1 Å². The van der Waals surface area contributed by atoms with Gasteiger partial charge < -0.3 is 4.74 Å². The molecule has 0 radical (unpaired) electrons. The number of nitro benzene ring substituents is 1. The van der Waals surface area contributed by atoms with Gasteiger partial charge in [-0.25, -0.2) is 13.6 Å². The van der Waals surface area contributed by atoms with Crippen LogP contribution in [0.25, 0.3) is 0 Å². The first-order chi connectivity index (χ1) is 8.71. The summed E-state index contributed by atoms with van der Waals surface area (Å²) in [5, 5.41) is 15.6. The van der Waals surface area contributed by atoms with E-state index in [0.29, 0.717) is 6.42 Å². The van der Waals surface area contributed by atoms with Crippen LogP contribution in [-0.4, -0.2) is 19.9 Å². The molecular formula is C11H14N2O5S. The lowest BCUT2D eigenvalue weighted by Crippen LogP contribution is -2.14. The summed E-state index contributed by atoms with van der Waals surface area (Å²) in [4.78, 5) is 9.51. The van der Waals surface area contributed by atoms with Gasteiger partial charge in [0.25, 0.3) is 5.69 Å². The molecule has 19 heavy (non-hydrogen) atoms. The summed E-state index contributed by atoms with van der Waals surface area (Å²) in [6, 6.07) is 3.26. The Morgan fingerprint density at radius 1 is 1.53 bits per heavy atom. The molecule has 7 nitrogen and oxygen atoms in total. The van der Waals surface area contributed by atoms with E-state index in [0.717, 1.165) is 17.7 Å². The normalized spacial score (nSPS) is 11.1. The average Bonchev–Trinajstić information content (AvgIpc) is 2.27. The van der Waals surface area contributed by atoms with E-state index in [9.17, 15) is 18.5 Å². The van der Waals surface area contributed by atoms with E-state index in [1.807, 2.05) is 0 Å². The van der Waals surface area contributed by atoms with Crippen molar-refractivity contribution in [3.8, 4) is 5.75 Å². The van der Waals surface area contributed by atoms with Crippen LogP contribution in [0.1, 0.15) is 13.3 Å². The quantitative estimate of drug-likeness (QED) is 0.484. The molecule has 0 atom stereocenters. The fourth-order valence-electron chi connectivity index (χ4n) is 1.29. The van der Waals surface area contributed by atoms with Crippen LogP contribution >= 0.6 is 0 Å². The summed E-state index contributed by atoms with van der Waals surface area (Å²) < 4.78 is 28.0. The van der Waals surface area contributed by atoms with Crippen LogP contribution in [0.4, 0.5) is 5.69 Å². The van der Waals surface area contributed by atoms with Crippen LogP contribution in [0, 0.1) is 10.1 Å². The van der Waals surface area contributed by atoms with Crippen molar-refractivity contribution in [2.24, 2.45) is 5.14 Å². The lowest BCUT2D eigenvalue weighted by Gasteiger charge is -2.09. The van der Waals surface area contributed by atoms with Gasteiger partial charge in [0, 0.05) is 18.6 Å². The van der Waals surface area contributed by atoms with Gasteiger partial charge in [-0.1, -0.05) is 5.57 Å². The molecule has 0 aliphatic heterocycles. The Labute approximate surface area is 110 Å². The number of nitro groups is 1. The minimum Gasteiger partial charge on any atom is -0.492 e. The highest BCUT2D eigenvalue weighted by molar-refractivity contribution is 7.89. The Morgan fingerprint density at radius 2 is 2.16 bits per heavy atom. The van der Waals surface area contributed by atoms with E-state index in [4.69, 9.17) is 9.88 Å². The number of nitrogens with zero attached hydrogens (tertiary/aromatic N) is 1. The van der Waals surface area contributed by atoms with Crippen molar-refractivity contribution in [1.29, 1.82) is 0 Å². The van der Waals surface area contributed by atoms with E-state index >= 15 is 0 Å². The number of ether oxygens (including phenoxy) is 1. The van der Waals surface area contributed by atoms with Crippen molar-refractivity contribution < 1.29 is 18.1 Å². The predicted octanol–water partition coefficient (Wildman–Crippen LogP) is 1.59. The van der Waals surface area contributed by atoms with E-state index in [-0.39, 0.29) is 18.0 Å². The number of hydrogen-bond acceptors (Lipinski definition) is 5. The van der Waals surface area contributed by atoms with Gasteiger partial charge in [-0.15, -0.1) is 6.58 Å². The molecule has 0 heterocycles. The second-order valence-corrected chi connectivity index (χ2v) is 5.52. The van der Waals surface area contributed by atoms with Crippen molar-refractivity contribution in [3.63, 3.8) is 0 Å². The van der Waals surface area contributed by atoms with Crippen molar-refractivity contribution in [1.82, 2.24) is 0 Å². The Hall–Kier alpha value is -1.93. The SMILES string of the molecule is C=C(C)CCOc1ccc([N+](=O)[O-])cc1S(N)(=O)=O. The molecule has 104 valence electrons. The van der Waals surface area contributed by atoms with Gasteiger partial charge in [-0.05, 0) is 13.0 Å². The third-order valence-corrected chi connectivity index (χ3v) is 3.16. The number of sulfonamides is 1. The first kappa shape index (κ1) is 15.1. The highest BCUT2D eigenvalue weighted by atomic mass is 32.2. The zero-order chi connectivity index (χ0) is 14.6. The van der Waals surface area contributed by atoms with Crippen LogP contribution in [-0.2, 0) is 10.0 Å². The first-order valence-corrected chi connectivity index (χ1v) is 6.85. The zero-order valence-corrected chi connectivity index (χ0v) is 11.1. The molecule has 0 saturated heterocycles. The topological polar surface area (TPSA) is 113 Å². The highest BCUT2D eigenvalue weighted by Crippen LogP contribution is 2.27. The van der Waals surface area contributed by atoms with Crippen molar-refractivity contribution in [2.75, 3.05) is 6.61 Å². The standard InChI is InChI=1S/C11H14N2O5S/c1-8(2)5-6-18-10-4-3-9(13(14)15)7-11(10)19(12,16)17/h3-4,7H,1,5-6H2,2H3,(H2,12,16,17). The number of non-ortho nitro benzene ring substituents is 1. The van der Waals surface area contributed by atoms with Crippen LogP contribution in [0.5, 0.6) is 5.75 Å². The monoisotopic (exact) mass is 286 g/mol. The molecule has 0 aromatic heterocycles. The summed E-state index contributed by atoms with van der Waals surface area (Å²) in [6.45, 7) is 5.71. The molecule has 0 amide bonds. The van der Waals surface area contributed by atoms with Crippen molar-refractivity contribution >= 4 is 15.7 Å². The summed E-state index contributed by atoms with van der Waals surface area (Å²) >= 11 is 0. The van der Waals surface area contributed by atoms with E-state index in [2.05, 4.69) is 6.58 Å². The summed E-state index contributed by atoms with van der Waals surface area (Å²) in [5.41, 5.74) is 0.510. The van der Waals surface area contributed by atoms with Gasteiger partial charge in [-0.2, -0.15) is 0 Å². The average molecular weight is 286 g/mol. The molecule has 2 N–H and O–H groups in total. The largest absolute Gasteiger partial charge is 0.492 e. The van der Waals surface area contributed by atoms with Crippen LogP contribution in [0.3, 0.4) is 0 Å². The molecule has 1 aromatic rings. The molecule has 0 aliphatic rings. The third kappa shape index (κ3) is 4.34. The summed E-state index contributed by atoms with van der Waals surface area (Å²) in [7, 11) is -4.09. The van der Waals surface area contributed by atoms with Gasteiger partial charge >= 0.3 is 0 Å². The van der Waals surface area contributed by atoms with Crippen molar-refractivity contribution in [2.45, 2.75) is 18.2 Å². The molecule has 8 heteroatoms. The Kier molecular flexibility index (Phi) is 4.62. The lowest BCUT2D eigenvalue weighted by atomic mass is 10.2. The molecule has 1 rings (SSSR count). The second kappa shape index (κ2) is 5.81. The predicted molar refractivity (Wildman–Crippen MR) is 69.4 cm³/mol. The minimum atomic E-state index is -4.09. The van der Waals surface area contributed by atoms with Gasteiger partial charge in [0.2, 0.25) is 10.0 Å². The van der Waals surface area contributed by atoms with Gasteiger partial charge in [0.1, 0.15) is 10.6 Å². The van der Waals surface area contributed by atoms with E-state index < -0.39 is 19.8 Å². The van der Waals surface area contributed by atoms with Gasteiger partial charge in [0.15, 0.2) is 0 Å². The second-order valence-electron chi connectivity index (χ2n) is 3.99. The van der Waals surface area contributed by atoms with Crippen LogP contribution in [0.15, 0.2) is 35.2 Å². The Balaban J connectivity index is 3.10.